The van der Waals surface area contributed by atoms with Crippen molar-refractivity contribution in [3.63, 3.8) is 0 Å². The molecule has 1 aliphatic rings. The van der Waals surface area contributed by atoms with E-state index >= 15 is 0 Å². The van der Waals surface area contributed by atoms with Gasteiger partial charge in [-0.25, -0.2) is 14.3 Å². The predicted molar refractivity (Wildman–Crippen MR) is 87.6 cm³/mol. The topological polar surface area (TPSA) is 47.4 Å². The zero-order chi connectivity index (χ0) is 15.9. The lowest BCUT2D eigenvalue weighted by atomic mass is 10.1. The van der Waals surface area contributed by atoms with Gasteiger partial charge in [0.25, 0.3) is 0 Å². The molecular formula is C16H18BrN3O2. The molecule has 3 rings (SSSR count). The Labute approximate surface area is 138 Å². The molecule has 0 aliphatic carbocycles. The number of rotatable bonds is 1. The fourth-order valence-electron chi connectivity index (χ4n) is 2.46. The van der Waals surface area contributed by atoms with Crippen molar-refractivity contribution in [3.05, 3.63) is 40.8 Å². The molecule has 2 heterocycles. The van der Waals surface area contributed by atoms with E-state index in [1.807, 2.05) is 45.0 Å². The van der Waals surface area contributed by atoms with Crippen molar-refractivity contribution in [1.29, 1.82) is 0 Å². The lowest BCUT2D eigenvalue weighted by Crippen LogP contribution is -2.46. The van der Waals surface area contributed by atoms with Gasteiger partial charge in [-0.15, -0.1) is 0 Å². The van der Waals surface area contributed by atoms with E-state index in [0.717, 1.165) is 11.3 Å². The number of amides is 1. The van der Waals surface area contributed by atoms with E-state index in [1.165, 1.54) is 10.1 Å². The minimum absolute atomic E-state index is 0.139. The summed E-state index contributed by atoms with van der Waals surface area (Å²) in [5.74, 6) is 0. The maximum absolute atomic E-state index is 12.7. The monoisotopic (exact) mass is 363 g/mol. The molecule has 0 atom stereocenters. The summed E-state index contributed by atoms with van der Waals surface area (Å²) in [6.07, 6.45) is 1.55. The number of benzene rings is 1. The third-order valence-electron chi connectivity index (χ3n) is 3.88. The van der Waals surface area contributed by atoms with Gasteiger partial charge in [-0.1, -0.05) is 29.8 Å². The number of carbonyl (C=O) groups is 1. The van der Waals surface area contributed by atoms with Crippen molar-refractivity contribution in [1.82, 2.24) is 14.5 Å². The van der Waals surface area contributed by atoms with Crippen molar-refractivity contribution in [2.75, 3.05) is 13.3 Å². The maximum Gasteiger partial charge on any atom is 0.332 e. The standard InChI is InChI=1S/C16H18BrN3O2/c1-11-4-6-12(7-5-11)13-14(17)19(9-18-13)15(21)20-10-22-8-16(20,2)3/h4-7,9H,8,10H2,1-3H3. The molecule has 1 aromatic heterocycles. The molecule has 0 saturated carbocycles. The summed E-state index contributed by atoms with van der Waals surface area (Å²) in [7, 11) is 0. The van der Waals surface area contributed by atoms with Crippen LogP contribution in [-0.4, -0.2) is 39.4 Å². The van der Waals surface area contributed by atoms with Crippen molar-refractivity contribution < 1.29 is 9.53 Å². The van der Waals surface area contributed by atoms with Crippen molar-refractivity contribution in [2.45, 2.75) is 26.3 Å². The largest absolute Gasteiger partial charge is 0.359 e. The van der Waals surface area contributed by atoms with E-state index < -0.39 is 0 Å². The summed E-state index contributed by atoms with van der Waals surface area (Å²) < 4.78 is 7.59. The fourth-order valence-corrected chi connectivity index (χ4v) is 3.03. The van der Waals surface area contributed by atoms with Crippen LogP contribution in [0.15, 0.2) is 35.2 Å². The van der Waals surface area contributed by atoms with E-state index in [9.17, 15) is 4.79 Å². The molecule has 5 nitrogen and oxygen atoms in total. The summed E-state index contributed by atoms with van der Waals surface area (Å²) in [6.45, 7) is 6.86. The van der Waals surface area contributed by atoms with Crippen LogP contribution in [0.3, 0.4) is 0 Å². The number of nitrogens with zero attached hydrogens (tertiary/aromatic N) is 3. The van der Waals surface area contributed by atoms with E-state index in [4.69, 9.17) is 4.74 Å². The van der Waals surface area contributed by atoms with E-state index in [2.05, 4.69) is 20.9 Å². The van der Waals surface area contributed by atoms with Gasteiger partial charge in [0, 0.05) is 5.56 Å². The lowest BCUT2D eigenvalue weighted by molar-refractivity contribution is 0.140. The Balaban J connectivity index is 1.93. The van der Waals surface area contributed by atoms with Gasteiger partial charge in [0.15, 0.2) is 0 Å². The molecule has 0 spiro atoms. The molecule has 1 fully saturated rings. The number of halogens is 1. The summed E-state index contributed by atoms with van der Waals surface area (Å²) in [4.78, 5) is 18.8. The van der Waals surface area contributed by atoms with Gasteiger partial charge >= 0.3 is 6.03 Å². The fraction of sp³-hybridized carbons (Fsp3) is 0.375. The van der Waals surface area contributed by atoms with Gasteiger partial charge in [0.2, 0.25) is 0 Å². The minimum atomic E-state index is -0.315. The highest BCUT2D eigenvalue weighted by molar-refractivity contribution is 9.10. The Morgan fingerprint density at radius 2 is 2.00 bits per heavy atom. The van der Waals surface area contributed by atoms with Crippen LogP contribution >= 0.6 is 15.9 Å². The van der Waals surface area contributed by atoms with Crippen LogP contribution in [0.4, 0.5) is 4.79 Å². The highest BCUT2D eigenvalue weighted by atomic mass is 79.9. The zero-order valence-electron chi connectivity index (χ0n) is 12.8. The van der Waals surface area contributed by atoms with E-state index in [-0.39, 0.29) is 11.6 Å². The van der Waals surface area contributed by atoms with Crippen LogP contribution in [0.25, 0.3) is 11.3 Å². The Hall–Kier alpha value is -1.66. The number of aromatic nitrogens is 2. The van der Waals surface area contributed by atoms with Gasteiger partial charge in [-0.2, -0.15) is 0 Å². The SMILES string of the molecule is Cc1ccc(-c2ncn(C(=O)N3COCC3(C)C)c2Br)cc1. The van der Waals surface area contributed by atoms with Crippen molar-refractivity contribution in [3.8, 4) is 11.3 Å². The molecule has 22 heavy (non-hydrogen) atoms. The first kappa shape index (κ1) is 15.2. The molecule has 1 amide bonds. The third-order valence-corrected chi connectivity index (χ3v) is 4.64. The van der Waals surface area contributed by atoms with Crippen LogP contribution in [-0.2, 0) is 4.74 Å². The quantitative estimate of drug-likeness (QED) is 0.776. The number of hydrogen-bond donors (Lipinski definition) is 0. The molecule has 0 N–H and O–H groups in total. The smallest absolute Gasteiger partial charge is 0.332 e. The van der Waals surface area contributed by atoms with Crippen LogP contribution in [0.2, 0.25) is 0 Å². The Morgan fingerprint density at radius 1 is 1.32 bits per heavy atom. The summed E-state index contributed by atoms with van der Waals surface area (Å²) in [5, 5.41) is 0. The molecule has 116 valence electrons. The first-order valence-corrected chi connectivity index (χ1v) is 7.89. The molecule has 0 unspecified atom stereocenters. The Morgan fingerprint density at radius 3 is 2.59 bits per heavy atom. The average Bonchev–Trinajstić information content (AvgIpc) is 3.02. The van der Waals surface area contributed by atoms with Gasteiger partial charge in [0.05, 0.1) is 12.1 Å². The van der Waals surface area contributed by atoms with Crippen LogP contribution in [0, 0.1) is 6.92 Å². The molecule has 6 heteroatoms. The normalized spacial score (nSPS) is 17.0. The second-order valence-corrected chi connectivity index (χ2v) is 6.87. The molecule has 1 aromatic carbocycles. The molecule has 2 aromatic rings. The van der Waals surface area contributed by atoms with Crippen LogP contribution < -0.4 is 0 Å². The number of imidazole rings is 1. The third kappa shape index (κ3) is 2.57. The summed E-state index contributed by atoms with van der Waals surface area (Å²) in [6, 6.07) is 7.92. The summed E-state index contributed by atoms with van der Waals surface area (Å²) in [5.41, 5.74) is 2.60. The lowest BCUT2D eigenvalue weighted by Gasteiger charge is -2.29. The summed E-state index contributed by atoms with van der Waals surface area (Å²) >= 11 is 3.50. The van der Waals surface area contributed by atoms with Crippen LogP contribution in [0.1, 0.15) is 19.4 Å². The average molecular weight is 364 g/mol. The van der Waals surface area contributed by atoms with E-state index in [0.29, 0.717) is 17.9 Å². The number of hydrogen-bond acceptors (Lipinski definition) is 3. The van der Waals surface area contributed by atoms with Gasteiger partial charge in [-0.05, 0) is 36.7 Å². The van der Waals surface area contributed by atoms with Crippen LogP contribution in [0.5, 0.6) is 0 Å². The molecule has 0 radical (unpaired) electrons. The number of ether oxygens (including phenoxy) is 1. The Kier molecular flexibility index (Phi) is 3.82. The molecule has 1 aliphatic heterocycles. The maximum atomic E-state index is 12.7. The van der Waals surface area contributed by atoms with E-state index in [1.54, 1.807) is 11.2 Å². The number of aryl methyl sites for hydroxylation is 1. The molecule has 1 saturated heterocycles. The first-order valence-electron chi connectivity index (χ1n) is 7.10. The highest BCUT2D eigenvalue weighted by Crippen LogP contribution is 2.29. The zero-order valence-corrected chi connectivity index (χ0v) is 14.4. The minimum Gasteiger partial charge on any atom is -0.359 e. The predicted octanol–water partition coefficient (Wildman–Crippen LogP) is 3.66. The second kappa shape index (κ2) is 5.52. The number of carbonyl (C=O) groups excluding carboxylic acids is 1. The second-order valence-electron chi connectivity index (χ2n) is 6.12. The highest BCUT2D eigenvalue weighted by Gasteiger charge is 2.38. The van der Waals surface area contributed by atoms with Crippen molar-refractivity contribution >= 4 is 22.0 Å². The van der Waals surface area contributed by atoms with Gasteiger partial charge in [0.1, 0.15) is 23.4 Å². The first-order chi connectivity index (χ1) is 10.4. The van der Waals surface area contributed by atoms with Gasteiger partial charge in [-0.3, -0.25) is 4.90 Å². The molecular weight excluding hydrogens is 346 g/mol. The van der Waals surface area contributed by atoms with Gasteiger partial charge < -0.3 is 4.74 Å². The van der Waals surface area contributed by atoms with Crippen molar-refractivity contribution in [2.24, 2.45) is 0 Å². The Bertz CT molecular complexity index is 707. The molecule has 0 bridgehead atoms.